The molecular formula is C21H35Cl2N7O3. The Bertz CT molecular complexity index is 757. The van der Waals surface area contributed by atoms with E-state index in [0.717, 1.165) is 24.1 Å². The maximum Gasteiger partial charge on any atom is 0.270 e. The van der Waals surface area contributed by atoms with Crippen LogP contribution in [0, 0.1) is 16.7 Å². The van der Waals surface area contributed by atoms with E-state index in [1.165, 1.54) is 7.11 Å². The predicted molar refractivity (Wildman–Crippen MR) is 134 cm³/mol. The topological polar surface area (TPSA) is 165 Å². The van der Waals surface area contributed by atoms with Crippen molar-refractivity contribution < 1.29 is 14.3 Å². The SMILES string of the molecule is COC(NC(=O)CCCc1ccc(NC(=N)N)cc1)C(=O)NCCCCNC(C)C#N.Cl.Cl. The maximum absolute atomic E-state index is 12.2. The molecule has 33 heavy (non-hydrogen) atoms. The van der Waals surface area contributed by atoms with Crippen molar-refractivity contribution in [3.05, 3.63) is 29.8 Å². The normalized spacial score (nSPS) is 11.5. The van der Waals surface area contributed by atoms with E-state index in [-0.39, 0.29) is 55.1 Å². The summed E-state index contributed by atoms with van der Waals surface area (Å²) in [4.78, 5) is 24.3. The second-order valence-electron chi connectivity index (χ2n) is 7.08. The van der Waals surface area contributed by atoms with Crippen molar-refractivity contribution >= 4 is 48.3 Å². The molecule has 1 rings (SSSR count). The number of amides is 2. The van der Waals surface area contributed by atoms with Gasteiger partial charge in [-0.3, -0.25) is 15.0 Å². The average molecular weight is 504 g/mol. The van der Waals surface area contributed by atoms with E-state index in [1.54, 1.807) is 6.92 Å². The van der Waals surface area contributed by atoms with Crippen LogP contribution in [-0.4, -0.2) is 50.2 Å². The third-order valence-electron chi connectivity index (χ3n) is 4.42. The second kappa shape index (κ2) is 18.9. The van der Waals surface area contributed by atoms with Crippen LogP contribution in [0.1, 0.15) is 38.2 Å². The molecule has 10 nitrogen and oxygen atoms in total. The highest BCUT2D eigenvalue weighted by atomic mass is 35.5. The monoisotopic (exact) mass is 503 g/mol. The average Bonchev–Trinajstić information content (AvgIpc) is 2.74. The number of rotatable bonds is 14. The van der Waals surface area contributed by atoms with Gasteiger partial charge in [0.15, 0.2) is 5.96 Å². The zero-order valence-electron chi connectivity index (χ0n) is 19.0. The van der Waals surface area contributed by atoms with E-state index in [1.807, 2.05) is 24.3 Å². The van der Waals surface area contributed by atoms with Crippen molar-refractivity contribution in [1.29, 1.82) is 10.7 Å². The zero-order valence-corrected chi connectivity index (χ0v) is 20.6. The Labute approximate surface area is 207 Å². The van der Waals surface area contributed by atoms with Gasteiger partial charge in [-0.2, -0.15) is 5.26 Å². The number of nitrogens with one attached hydrogen (secondary N) is 5. The molecule has 0 aliphatic rings. The number of carbonyl (C=O) groups excluding carboxylic acids is 2. The summed E-state index contributed by atoms with van der Waals surface area (Å²) in [5.74, 6) is -0.766. The number of nitriles is 1. The number of unbranched alkanes of at least 4 members (excludes halogenated alkanes) is 1. The van der Waals surface area contributed by atoms with Crippen molar-refractivity contribution in [2.75, 3.05) is 25.5 Å². The van der Waals surface area contributed by atoms with Crippen molar-refractivity contribution in [3.63, 3.8) is 0 Å². The first kappa shape index (κ1) is 32.6. The zero-order chi connectivity index (χ0) is 23.1. The van der Waals surface area contributed by atoms with Gasteiger partial charge in [0, 0.05) is 25.8 Å². The molecule has 0 saturated heterocycles. The van der Waals surface area contributed by atoms with Gasteiger partial charge in [-0.15, -0.1) is 24.8 Å². The van der Waals surface area contributed by atoms with Crippen LogP contribution in [0.4, 0.5) is 5.69 Å². The van der Waals surface area contributed by atoms with Crippen LogP contribution in [0.25, 0.3) is 0 Å². The molecule has 1 aromatic carbocycles. The Hall–Kier alpha value is -2.58. The molecule has 0 saturated carbocycles. The number of anilines is 1. The first-order valence-electron chi connectivity index (χ1n) is 10.3. The largest absolute Gasteiger partial charge is 0.370 e. The lowest BCUT2D eigenvalue weighted by molar-refractivity contribution is -0.139. The number of methoxy groups -OCH3 is 1. The summed E-state index contributed by atoms with van der Waals surface area (Å²) in [5, 5.41) is 27.0. The number of hydrogen-bond donors (Lipinski definition) is 6. The van der Waals surface area contributed by atoms with Crippen molar-refractivity contribution in [3.8, 4) is 6.07 Å². The fourth-order valence-corrected chi connectivity index (χ4v) is 2.73. The molecule has 0 heterocycles. The van der Waals surface area contributed by atoms with Gasteiger partial charge >= 0.3 is 0 Å². The van der Waals surface area contributed by atoms with Gasteiger partial charge in [0.1, 0.15) is 0 Å². The Morgan fingerprint density at radius 2 is 1.79 bits per heavy atom. The number of ether oxygens (including phenoxy) is 1. The van der Waals surface area contributed by atoms with E-state index < -0.39 is 6.23 Å². The van der Waals surface area contributed by atoms with Crippen LogP contribution in [0.15, 0.2) is 24.3 Å². The summed E-state index contributed by atoms with van der Waals surface area (Å²) in [7, 11) is 1.37. The molecule has 186 valence electrons. The third-order valence-corrected chi connectivity index (χ3v) is 4.42. The summed E-state index contributed by atoms with van der Waals surface area (Å²) in [6, 6.07) is 9.37. The Balaban J connectivity index is 0. The summed E-state index contributed by atoms with van der Waals surface area (Å²) in [5.41, 5.74) is 7.08. The molecule has 2 atom stereocenters. The first-order chi connectivity index (χ1) is 14.8. The van der Waals surface area contributed by atoms with Gasteiger partial charge in [-0.25, -0.2) is 0 Å². The molecular weight excluding hydrogens is 469 g/mol. The quantitative estimate of drug-likeness (QED) is 0.0970. The van der Waals surface area contributed by atoms with Gasteiger partial charge in [-0.05, 0) is 56.8 Å². The van der Waals surface area contributed by atoms with Gasteiger partial charge in [0.2, 0.25) is 12.1 Å². The molecule has 0 aromatic heterocycles. The van der Waals surface area contributed by atoms with E-state index in [2.05, 4.69) is 27.3 Å². The molecule has 0 aliphatic heterocycles. The van der Waals surface area contributed by atoms with Gasteiger partial charge < -0.3 is 31.7 Å². The number of nitrogens with two attached hydrogens (primary N) is 1. The Morgan fingerprint density at radius 3 is 2.36 bits per heavy atom. The van der Waals surface area contributed by atoms with E-state index in [4.69, 9.17) is 21.1 Å². The third kappa shape index (κ3) is 15.0. The Kier molecular flexibility index (Phi) is 18.7. The molecule has 0 radical (unpaired) electrons. The lowest BCUT2D eigenvalue weighted by Crippen LogP contribution is -2.48. The van der Waals surface area contributed by atoms with Crippen molar-refractivity contribution in [1.82, 2.24) is 16.0 Å². The van der Waals surface area contributed by atoms with E-state index in [9.17, 15) is 9.59 Å². The molecule has 0 aliphatic carbocycles. The van der Waals surface area contributed by atoms with Crippen molar-refractivity contribution in [2.24, 2.45) is 5.73 Å². The van der Waals surface area contributed by atoms with Crippen LogP contribution in [0.3, 0.4) is 0 Å². The minimum Gasteiger partial charge on any atom is -0.370 e. The Morgan fingerprint density at radius 1 is 1.15 bits per heavy atom. The molecule has 0 spiro atoms. The highest BCUT2D eigenvalue weighted by Crippen LogP contribution is 2.11. The molecule has 2 unspecified atom stereocenters. The summed E-state index contributed by atoms with van der Waals surface area (Å²) >= 11 is 0. The smallest absolute Gasteiger partial charge is 0.270 e. The van der Waals surface area contributed by atoms with Crippen molar-refractivity contribution in [2.45, 2.75) is 51.3 Å². The fourth-order valence-electron chi connectivity index (χ4n) is 2.73. The second-order valence-corrected chi connectivity index (χ2v) is 7.08. The van der Waals surface area contributed by atoms with E-state index >= 15 is 0 Å². The summed E-state index contributed by atoms with van der Waals surface area (Å²) in [6.45, 7) is 2.95. The van der Waals surface area contributed by atoms with Gasteiger partial charge in [0.05, 0.1) is 12.1 Å². The minimum atomic E-state index is -1.03. The summed E-state index contributed by atoms with van der Waals surface area (Å²) < 4.78 is 5.09. The highest BCUT2D eigenvalue weighted by molar-refractivity contribution is 5.89. The number of benzene rings is 1. The summed E-state index contributed by atoms with van der Waals surface area (Å²) in [6.07, 6.45) is 2.14. The number of carbonyl (C=O) groups is 2. The molecule has 0 bridgehead atoms. The minimum absolute atomic E-state index is 0. The first-order valence-corrected chi connectivity index (χ1v) is 10.3. The van der Waals surface area contributed by atoms with Gasteiger partial charge in [-0.1, -0.05) is 12.1 Å². The highest BCUT2D eigenvalue weighted by Gasteiger charge is 2.19. The predicted octanol–water partition coefficient (Wildman–Crippen LogP) is 1.65. The van der Waals surface area contributed by atoms with Crippen LogP contribution >= 0.6 is 24.8 Å². The maximum atomic E-state index is 12.2. The molecule has 1 aromatic rings. The van der Waals surface area contributed by atoms with Crippen LogP contribution in [0.5, 0.6) is 0 Å². The lowest BCUT2D eigenvalue weighted by Gasteiger charge is -2.17. The van der Waals surface area contributed by atoms with Crippen LogP contribution in [-0.2, 0) is 20.7 Å². The number of halogens is 2. The number of guanidine groups is 1. The number of nitrogens with zero attached hydrogens (tertiary/aromatic N) is 1. The molecule has 0 fully saturated rings. The number of aryl methyl sites for hydroxylation is 1. The van der Waals surface area contributed by atoms with E-state index in [0.29, 0.717) is 25.9 Å². The molecule has 12 heteroatoms. The fraction of sp³-hybridized carbons (Fsp3) is 0.524. The lowest BCUT2D eigenvalue weighted by atomic mass is 10.1. The molecule has 2 amide bonds. The number of hydrogen-bond acceptors (Lipinski definition) is 6. The molecule has 7 N–H and O–H groups in total. The van der Waals surface area contributed by atoms with Crippen LogP contribution in [0.2, 0.25) is 0 Å². The standard InChI is InChI=1S/C21H33N7O3.2ClH/c1-15(14-22)25-12-3-4-13-26-19(30)20(31-2)28-18(29)7-5-6-16-8-10-17(11-9-16)27-21(23)24;;/h8-11,15,20,25H,3-7,12-13H2,1-2H3,(H,26,30)(H,28,29)(H4,23,24,27);2*1H. The van der Waals surface area contributed by atoms with Gasteiger partial charge in [0.25, 0.3) is 5.91 Å². The van der Waals surface area contributed by atoms with Crippen LogP contribution < -0.4 is 27.0 Å².